The second kappa shape index (κ2) is 22.2. The van der Waals surface area contributed by atoms with E-state index in [4.69, 9.17) is 14.2 Å². The van der Waals surface area contributed by atoms with Crippen LogP contribution in [-0.4, -0.2) is 64.5 Å². The lowest BCUT2D eigenvalue weighted by atomic mass is 9.72. The highest BCUT2D eigenvalue weighted by Gasteiger charge is 2.26. The molecule has 1 aliphatic rings. The van der Waals surface area contributed by atoms with Crippen LogP contribution in [0.3, 0.4) is 0 Å². The summed E-state index contributed by atoms with van der Waals surface area (Å²) in [6, 6.07) is 0. The van der Waals surface area contributed by atoms with Crippen molar-refractivity contribution in [3.8, 4) is 0 Å². The lowest BCUT2D eigenvalue weighted by molar-refractivity contribution is -0.121. The van der Waals surface area contributed by atoms with Crippen LogP contribution in [0.2, 0.25) is 0 Å². The quantitative estimate of drug-likeness (QED) is 0.0947. The zero-order valence-corrected chi connectivity index (χ0v) is 26.6. The van der Waals surface area contributed by atoms with Gasteiger partial charge in [0.05, 0.1) is 26.4 Å². The van der Waals surface area contributed by atoms with Gasteiger partial charge in [0.2, 0.25) is 11.8 Å². The van der Waals surface area contributed by atoms with Crippen molar-refractivity contribution in [3.05, 3.63) is 58.7 Å². The summed E-state index contributed by atoms with van der Waals surface area (Å²) in [5.74, 6) is 0.00370. The fraction of sp³-hybridized carbons (Fsp3) is 0.647. The van der Waals surface area contributed by atoms with Gasteiger partial charge in [-0.2, -0.15) is 0 Å². The van der Waals surface area contributed by atoms with E-state index in [1.807, 2.05) is 26.0 Å². The normalized spacial score (nSPS) is 16.1. The highest BCUT2D eigenvalue weighted by Crippen LogP contribution is 2.40. The molecule has 2 N–H and O–H groups in total. The molecule has 232 valence electrons. The molecule has 0 spiro atoms. The van der Waals surface area contributed by atoms with E-state index < -0.39 is 0 Å². The molecule has 0 atom stereocenters. The molecule has 1 rings (SSSR count). The van der Waals surface area contributed by atoms with Crippen molar-refractivity contribution in [1.29, 1.82) is 0 Å². The number of rotatable bonds is 21. The Hall–Kier alpha value is -2.48. The van der Waals surface area contributed by atoms with E-state index >= 15 is 0 Å². The minimum absolute atomic E-state index is 0.0960. The first-order valence-electron chi connectivity index (χ1n) is 15.3. The number of allylic oxidation sites excluding steroid dienone is 9. The molecule has 0 saturated heterocycles. The zero-order valence-electron chi connectivity index (χ0n) is 26.6. The van der Waals surface area contributed by atoms with Gasteiger partial charge in [-0.15, -0.1) is 0 Å². The van der Waals surface area contributed by atoms with Gasteiger partial charge in [-0.25, -0.2) is 0 Å². The van der Waals surface area contributed by atoms with Crippen molar-refractivity contribution in [2.24, 2.45) is 5.41 Å². The molecule has 0 fully saturated rings. The van der Waals surface area contributed by atoms with Crippen LogP contribution in [0, 0.1) is 5.41 Å². The number of carbonyl (C=O) groups is 2. The van der Waals surface area contributed by atoms with E-state index in [9.17, 15) is 9.59 Å². The molecule has 0 saturated carbocycles. The monoisotopic (exact) mass is 572 g/mol. The smallest absolute Gasteiger partial charge is 0.244 e. The minimum Gasteiger partial charge on any atom is -0.379 e. The third-order valence-electron chi connectivity index (χ3n) is 6.91. The van der Waals surface area contributed by atoms with Gasteiger partial charge in [0.15, 0.2) is 0 Å². The molecule has 0 radical (unpaired) electrons. The number of hydrogen-bond donors (Lipinski definition) is 2. The Labute approximate surface area is 249 Å². The van der Waals surface area contributed by atoms with Crippen LogP contribution in [-0.2, 0) is 23.8 Å². The lowest BCUT2D eigenvalue weighted by Gasteiger charge is -2.32. The van der Waals surface area contributed by atoms with Crippen molar-refractivity contribution in [2.45, 2.75) is 86.5 Å². The second-order valence-electron chi connectivity index (χ2n) is 11.4. The summed E-state index contributed by atoms with van der Waals surface area (Å²) in [5.41, 5.74) is 5.29. The Balaban J connectivity index is 2.08. The Morgan fingerprint density at radius 2 is 1.49 bits per heavy atom. The van der Waals surface area contributed by atoms with Gasteiger partial charge in [0, 0.05) is 38.8 Å². The Bertz CT molecular complexity index is 927. The fourth-order valence-corrected chi connectivity index (χ4v) is 4.58. The Morgan fingerprint density at radius 1 is 0.878 bits per heavy atom. The van der Waals surface area contributed by atoms with E-state index in [-0.39, 0.29) is 17.2 Å². The molecule has 1 aliphatic carbocycles. The molecule has 0 unspecified atom stereocenters. The molecule has 0 aliphatic heterocycles. The van der Waals surface area contributed by atoms with E-state index in [0.717, 1.165) is 24.8 Å². The summed E-state index contributed by atoms with van der Waals surface area (Å²) in [6.45, 7) is 17.4. The average Bonchev–Trinajstić information content (AvgIpc) is 2.90. The van der Waals surface area contributed by atoms with Crippen molar-refractivity contribution in [3.63, 3.8) is 0 Å². The van der Waals surface area contributed by atoms with Gasteiger partial charge in [-0.1, -0.05) is 62.3 Å². The lowest BCUT2D eigenvalue weighted by Crippen LogP contribution is -2.24. The molecular weight excluding hydrogens is 516 g/mol. The second-order valence-corrected chi connectivity index (χ2v) is 11.4. The van der Waals surface area contributed by atoms with E-state index in [1.54, 1.807) is 6.08 Å². The first-order valence-corrected chi connectivity index (χ1v) is 15.3. The summed E-state index contributed by atoms with van der Waals surface area (Å²) < 4.78 is 16.5. The minimum atomic E-state index is -0.0960. The number of carbonyl (C=O) groups excluding carboxylic acids is 2. The maximum atomic E-state index is 12.2. The van der Waals surface area contributed by atoms with Gasteiger partial charge in [-0.05, 0) is 75.9 Å². The highest BCUT2D eigenvalue weighted by molar-refractivity contribution is 5.88. The van der Waals surface area contributed by atoms with Crippen LogP contribution >= 0.6 is 0 Å². The molecule has 0 aromatic rings. The summed E-state index contributed by atoms with van der Waals surface area (Å²) in [6.07, 6.45) is 18.8. The highest BCUT2D eigenvalue weighted by atomic mass is 16.5. The van der Waals surface area contributed by atoms with Gasteiger partial charge >= 0.3 is 0 Å². The molecule has 0 heterocycles. The SMILES string of the molecule is CCCC(=O)NCCCOCCOCCOCCCNC(=O)C=C(C)C=CC=C(C)C=CC1=C(C)CCCC1(C)C. The summed E-state index contributed by atoms with van der Waals surface area (Å²) in [5, 5.41) is 5.76. The molecule has 0 aromatic heterocycles. The average molecular weight is 573 g/mol. The number of ether oxygens (including phenoxy) is 3. The standard InChI is InChI=1S/C34H56N2O5/c1-7-12-32(37)35-19-10-21-39-23-25-41-26-24-40-22-11-20-36-33(38)27-29(3)14-8-13-28(2)16-17-31-30(4)15-9-18-34(31,5)6/h8,13-14,16-17,27H,7,9-12,15,18-26H2,1-6H3,(H,35,37)(H,36,38). The molecular formula is C34H56N2O5. The molecule has 2 amide bonds. The van der Waals surface area contributed by atoms with E-state index in [0.29, 0.717) is 59.2 Å². The van der Waals surface area contributed by atoms with Gasteiger partial charge < -0.3 is 24.8 Å². The van der Waals surface area contributed by atoms with Crippen LogP contribution in [0.1, 0.15) is 86.5 Å². The maximum Gasteiger partial charge on any atom is 0.244 e. The number of hydrogen-bond acceptors (Lipinski definition) is 5. The zero-order chi connectivity index (χ0) is 30.3. The van der Waals surface area contributed by atoms with Crippen LogP contribution in [0.4, 0.5) is 0 Å². The van der Waals surface area contributed by atoms with E-state index in [1.165, 1.54) is 36.0 Å². The van der Waals surface area contributed by atoms with Crippen LogP contribution in [0.25, 0.3) is 0 Å². The fourth-order valence-electron chi connectivity index (χ4n) is 4.58. The van der Waals surface area contributed by atoms with Gasteiger partial charge in [0.1, 0.15) is 0 Å². The topological polar surface area (TPSA) is 85.9 Å². The Kier molecular flexibility index (Phi) is 19.8. The predicted molar refractivity (Wildman–Crippen MR) is 169 cm³/mol. The van der Waals surface area contributed by atoms with Gasteiger partial charge in [0.25, 0.3) is 0 Å². The third-order valence-corrected chi connectivity index (χ3v) is 6.91. The Morgan fingerprint density at radius 3 is 2.10 bits per heavy atom. The first-order chi connectivity index (χ1) is 19.7. The van der Waals surface area contributed by atoms with Crippen molar-refractivity contribution in [2.75, 3.05) is 52.7 Å². The van der Waals surface area contributed by atoms with Crippen molar-refractivity contribution in [1.82, 2.24) is 10.6 Å². The molecule has 0 bridgehead atoms. The number of amides is 2. The maximum absolute atomic E-state index is 12.2. The van der Waals surface area contributed by atoms with Crippen LogP contribution in [0.15, 0.2) is 58.7 Å². The van der Waals surface area contributed by atoms with E-state index in [2.05, 4.69) is 56.6 Å². The predicted octanol–water partition coefficient (Wildman–Crippen LogP) is 6.38. The molecule has 7 heteroatoms. The molecule has 7 nitrogen and oxygen atoms in total. The summed E-state index contributed by atoms with van der Waals surface area (Å²) >= 11 is 0. The van der Waals surface area contributed by atoms with Crippen molar-refractivity contribution >= 4 is 11.8 Å². The largest absolute Gasteiger partial charge is 0.379 e. The first kappa shape index (κ1) is 36.5. The molecule has 41 heavy (non-hydrogen) atoms. The van der Waals surface area contributed by atoms with Gasteiger partial charge in [-0.3, -0.25) is 9.59 Å². The third kappa shape index (κ3) is 18.5. The van der Waals surface area contributed by atoms with Crippen molar-refractivity contribution < 1.29 is 23.8 Å². The summed E-state index contributed by atoms with van der Waals surface area (Å²) in [4.78, 5) is 23.5. The van der Waals surface area contributed by atoms with Crippen LogP contribution in [0.5, 0.6) is 0 Å². The summed E-state index contributed by atoms with van der Waals surface area (Å²) in [7, 11) is 0. The molecule has 0 aromatic carbocycles. The number of nitrogens with one attached hydrogen (secondary N) is 2. The van der Waals surface area contributed by atoms with Crippen LogP contribution < -0.4 is 10.6 Å².